The van der Waals surface area contributed by atoms with Crippen molar-refractivity contribution in [3.63, 3.8) is 0 Å². The van der Waals surface area contributed by atoms with E-state index in [1.54, 1.807) is 6.07 Å². The van der Waals surface area contributed by atoms with Crippen LogP contribution in [0.4, 0.5) is 0 Å². The van der Waals surface area contributed by atoms with Crippen LogP contribution in [-0.4, -0.2) is 22.7 Å². The molecule has 0 aliphatic heterocycles. The molecule has 0 saturated heterocycles. The normalized spacial score (nSPS) is 10.8. The average Bonchev–Trinajstić information content (AvgIpc) is 2.65. The maximum absolute atomic E-state index is 12.1. The van der Waals surface area contributed by atoms with Crippen molar-refractivity contribution in [1.82, 2.24) is 4.98 Å². The number of unbranched alkanes of at least 4 members (excludes halogenated alkanes) is 1. The number of hydrogen-bond acceptors (Lipinski definition) is 4. The molecule has 0 bridgehead atoms. The molecule has 1 aromatic heterocycles. The summed E-state index contributed by atoms with van der Waals surface area (Å²) in [5.74, 6) is -0.873. The molecule has 0 radical (unpaired) electrons. The number of esters is 1. The van der Waals surface area contributed by atoms with E-state index < -0.39 is 5.97 Å². The highest BCUT2D eigenvalue weighted by atomic mass is 35.5. The second-order valence-electron chi connectivity index (χ2n) is 5.72. The molecule has 0 fully saturated rings. The van der Waals surface area contributed by atoms with Crippen molar-refractivity contribution in [2.24, 2.45) is 0 Å². The van der Waals surface area contributed by atoms with Crippen molar-refractivity contribution in [3.8, 4) is 16.9 Å². The molecule has 1 heterocycles. The van der Waals surface area contributed by atoms with Gasteiger partial charge in [-0.2, -0.15) is 0 Å². The second-order valence-corrected chi connectivity index (χ2v) is 6.07. The molecule has 0 spiro atoms. The maximum atomic E-state index is 12.1. The zero-order valence-corrected chi connectivity index (χ0v) is 14.6. The van der Waals surface area contributed by atoms with Crippen LogP contribution in [0.3, 0.4) is 0 Å². The van der Waals surface area contributed by atoms with Gasteiger partial charge in [0, 0.05) is 10.8 Å². The average molecular weight is 356 g/mol. The first-order valence-corrected chi connectivity index (χ1v) is 8.54. The van der Waals surface area contributed by atoms with Crippen LogP contribution >= 0.6 is 11.6 Å². The Balaban J connectivity index is 2.02. The van der Waals surface area contributed by atoms with Gasteiger partial charge in [0.15, 0.2) is 11.4 Å². The highest BCUT2D eigenvalue weighted by molar-refractivity contribution is 6.35. The Bertz CT molecular complexity index is 910. The predicted octanol–water partition coefficient (Wildman–Crippen LogP) is 5.22. The van der Waals surface area contributed by atoms with Gasteiger partial charge in [0.05, 0.1) is 6.61 Å². The topological polar surface area (TPSA) is 59.4 Å². The van der Waals surface area contributed by atoms with Crippen LogP contribution < -0.4 is 0 Å². The number of hydrogen-bond donors (Lipinski definition) is 1. The quantitative estimate of drug-likeness (QED) is 0.387. The molecule has 5 heteroatoms. The highest BCUT2D eigenvalue weighted by Gasteiger charge is 2.20. The summed E-state index contributed by atoms with van der Waals surface area (Å²) in [4.78, 5) is 16.2. The van der Waals surface area contributed by atoms with Gasteiger partial charge in [-0.05, 0) is 29.7 Å². The summed E-state index contributed by atoms with van der Waals surface area (Å²) < 4.78 is 5.13. The first kappa shape index (κ1) is 17.2. The Kier molecular flexibility index (Phi) is 5.19. The van der Waals surface area contributed by atoms with Crippen molar-refractivity contribution >= 4 is 28.3 Å². The zero-order valence-electron chi connectivity index (χ0n) is 13.8. The smallest absolute Gasteiger partial charge is 0.360 e. The number of carbonyl (C=O) groups is 1. The number of fused-ring (bicyclic) bond motifs is 1. The van der Waals surface area contributed by atoms with Crippen LogP contribution in [0, 0.1) is 0 Å². The van der Waals surface area contributed by atoms with Gasteiger partial charge in [0.1, 0.15) is 5.15 Å². The minimum Gasteiger partial charge on any atom is -0.505 e. The summed E-state index contributed by atoms with van der Waals surface area (Å²) in [6.45, 7) is 2.29. The summed E-state index contributed by atoms with van der Waals surface area (Å²) in [5.41, 5.74) is 1.83. The molecule has 1 N–H and O–H groups in total. The van der Waals surface area contributed by atoms with Crippen molar-refractivity contribution in [2.75, 3.05) is 6.61 Å². The van der Waals surface area contributed by atoms with Gasteiger partial charge < -0.3 is 9.84 Å². The second kappa shape index (κ2) is 7.53. The minimum absolute atomic E-state index is 0.152. The van der Waals surface area contributed by atoms with Gasteiger partial charge in [-0.1, -0.05) is 61.3 Å². The van der Waals surface area contributed by atoms with Crippen LogP contribution in [0.1, 0.15) is 30.3 Å². The Morgan fingerprint density at radius 3 is 2.60 bits per heavy atom. The van der Waals surface area contributed by atoms with Crippen molar-refractivity contribution < 1.29 is 14.6 Å². The van der Waals surface area contributed by atoms with E-state index in [1.807, 2.05) is 49.4 Å². The molecule has 0 atom stereocenters. The molecule has 128 valence electrons. The molecular weight excluding hydrogens is 338 g/mol. The Morgan fingerprint density at radius 2 is 1.88 bits per heavy atom. The summed E-state index contributed by atoms with van der Waals surface area (Å²) >= 11 is 6.27. The number of ether oxygens (including phenoxy) is 1. The molecule has 0 unspecified atom stereocenters. The number of pyridine rings is 1. The van der Waals surface area contributed by atoms with Gasteiger partial charge in [-0.15, -0.1) is 0 Å². The fraction of sp³-hybridized carbons (Fsp3) is 0.200. The molecule has 25 heavy (non-hydrogen) atoms. The van der Waals surface area contributed by atoms with Crippen LogP contribution in [0.25, 0.3) is 21.9 Å². The zero-order chi connectivity index (χ0) is 17.8. The lowest BCUT2D eigenvalue weighted by Gasteiger charge is -2.10. The van der Waals surface area contributed by atoms with E-state index in [0.29, 0.717) is 17.4 Å². The predicted molar refractivity (Wildman–Crippen MR) is 99.0 cm³/mol. The highest BCUT2D eigenvalue weighted by Crippen LogP contribution is 2.35. The third-order valence-electron chi connectivity index (χ3n) is 3.96. The summed E-state index contributed by atoms with van der Waals surface area (Å²) in [6, 6.07) is 15.3. The number of aromatic hydroxyl groups is 1. The van der Waals surface area contributed by atoms with E-state index in [-0.39, 0.29) is 16.6 Å². The van der Waals surface area contributed by atoms with Gasteiger partial charge in [0.2, 0.25) is 0 Å². The van der Waals surface area contributed by atoms with E-state index >= 15 is 0 Å². The standard InChI is InChI=1S/C20H18ClNO3/c1-2-3-11-25-20(24)17-18(23)15-10-9-14(12-16(15)19(21)22-17)13-7-5-4-6-8-13/h4-10,12,23H,2-3,11H2,1H3. The first-order chi connectivity index (χ1) is 12.1. The van der Waals surface area contributed by atoms with Gasteiger partial charge in [-0.3, -0.25) is 0 Å². The summed E-state index contributed by atoms with van der Waals surface area (Å²) in [5, 5.41) is 11.7. The monoisotopic (exact) mass is 355 g/mol. The molecule has 0 aliphatic carbocycles. The SMILES string of the molecule is CCCCOC(=O)c1nc(Cl)c2cc(-c3ccccc3)ccc2c1O. The van der Waals surface area contributed by atoms with Crippen LogP contribution in [-0.2, 0) is 4.74 Å². The summed E-state index contributed by atoms with van der Waals surface area (Å²) in [7, 11) is 0. The number of halogens is 1. The maximum Gasteiger partial charge on any atom is 0.360 e. The first-order valence-electron chi connectivity index (χ1n) is 8.16. The van der Waals surface area contributed by atoms with E-state index in [0.717, 1.165) is 24.0 Å². The lowest BCUT2D eigenvalue weighted by atomic mass is 10.0. The molecule has 3 rings (SSSR count). The van der Waals surface area contributed by atoms with E-state index in [1.165, 1.54) is 0 Å². The lowest BCUT2D eigenvalue weighted by Crippen LogP contribution is -2.09. The molecule has 3 aromatic rings. The Morgan fingerprint density at radius 1 is 1.12 bits per heavy atom. The lowest BCUT2D eigenvalue weighted by molar-refractivity contribution is 0.0489. The third-order valence-corrected chi connectivity index (χ3v) is 4.25. The van der Waals surface area contributed by atoms with Crippen molar-refractivity contribution in [3.05, 3.63) is 59.4 Å². The molecule has 0 saturated carbocycles. The number of benzene rings is 2. The van der Waals surface area contributed by atoms with Gasteiger partial charge in [-0.25, -0.2) is 9.78 Å². The largest absolute Gasteiger partial charge is 0.505 e. The van der Waals surface area contributed by atoms with Gasteiger partial charge >= 0.3 is 5.97 Å². The molecule has 2 aromatic carbocycles. The number of carbonyl (C=O) groups excluding carboxylic acids is 1. The summed E-state index contributed by atoms with van der Waals surface area (Å²) in [6.07, 6.45) is 1.67. The minimum atomic E-state index is -0.665. The Hall–Kier alpha value is -2.59. The molecule has 0 aliphatic rings. The van der Waals surface area contributed by atoms with E-state index in [9.17, 15) is 9.90 Å². The van der Waals surface area contributed by atoms with Crippen LogP contribution in [0.2, 0.25) is 5.15 Å². The Labute approximate surface area is 151 Å². The van der Waals surface area contributed by atoms with E-state index in [4.69, 9.17) is 16.3 Å². The van der Waals surface area contributed by atoms with Crippen LogP contribution in [0.5, 0.6) is 5.75 Å². The number of nitrogens with zero attached hydrogens (tertiary/aromatic N) is 1. The van der Waals surface area contributed by atoms with Crippen molar-refractivity contribution in [1.29, 1.82) is 0 Å². The number of rotatable bonds is 5. The van der Waals surface area contributed by atoms with Gasteiger partial charge in [0.25, 0.3) is 0 Å². The van der Waals surface area contributed by atoms with Crippen molar-refractivity contribution in [2.45, 2.75) is 19.8 Å². The van der Waals surface area contributed by atoms with E-state index in [2.05, 4.69) is 4.98 Å². The fourth-order valence-electron chi connectivity index (χ4n) is 2.59. The molecule has 4 nitrogen and oxygen atoms in total. The third kappa shape index (κ3) is 3.59. The van der Waals surface area contributed by atoms with Crippen LogP contribution in [0.15, 0.2) is 48.5 Å². The molecule has 0 amide bonds. The number of aromatic nitrogens is 1. The molecular formula is C20H18ClNO3. The fourth-order valence-corrected chi connectivity index (χ4v) is 2.83.